The summed E-state index contributed by atoms with van der Waals surface area (Å²) in [6.07, 6.45) is 6.02. The van der Waals surface area contributed by atoms with E-state index in [0.29, 0.717) is 11.1 Å². The third-order valence-electron chi connectivity index (χ3n) is 6.93. The van der Waals surface area contributed by atoms with Crippen molar-refractivity contribution in [1.82, 2.24) is 15.0 Å². The lowest BCUT2D eigenvalue weighted by Crippen LogP contribution is -2.52. The molecule has 2 atom stereocenters. The fraction of sp³-hybridized carbons (Fsp3) is 0.407. The van der Waals surface area contributed by atoms with Gasteiger partial charge in [-0.15, -0.1) is 0 Å². The van der Waals surface area contributed by atoms with Gasteiger partial charge in [-0.2, -0.15) is 4.98 Å². The number of anilines is 3. The van der Waals surface area contributed by atoms with Gasteiger partial charge in [-0.1, -0.05) is 29.8 Å². The van der Waals surface area contributed by atoms with Gasteiger partial charge in [-0.25, -0.2) is 9.97 Å². The molecule has 5 rings (SSSR count). The largest absolute Gasteiger partial charge is 0.352 e. The maximum atomic E-state index is 6.44. The van der Waals surface area contributed by atoms with E-state index >= 15 is 0 Å². The zero-order chi connectivity index (χ0) is 24.4. The summed E-state index contributed by atoms with van der Waals surface area (Å²) in [6.45, 7) is 7.99. The Labute approximate surface area is 212 Å². The van der Waals surface area contributed by atoms with Gasteiger partial charge in [0, 0.05) is 69.4 Å². The molecule has 0 amide bonds. The number of pyridine rings is 1. The standard InChI is InChI=1S/C27H32ClN7/c1-19-7-6-12-35(19)27-31-24(22-9-4-8-21(15-22)17-29-3)16-25(32-27)34-14-13-33(18-20(34)2)26-23(28)10-5-11-30-26/h4-5,8-11,15-17,19-20H,6-7,12-14,18H2,1-3H3/t19?,20-/m1/s1. The van der Waals surface area contributed by atoms with Crippen molar-refractivity contribution in [3.63, 3.8) is 0 Å². The van der Waals surface area contributed by atoms with Crippen molar-refractivity contribution in [2.75, 3.05) is 47.9 Å². The van der Waals surface area contributed by atoms with Crippen LogP contribution in [0.1, 0.15) is 32.3 Å². The van der Waals surface area contributed by atoms with Crippen LogP contribution in [0.4, 0.5) is 17.6 Å². The summed E-state index contributed by atoms with van der Waals surface area (Å²) in [5.41, 5.74) is 3.08. The van der Waals surface area contributed by atoms with Crippen LogP contribution in [0, 0.1) is 0 Å². The van der Waals surface area contributed by atoms with E-state index in [1.165, 1.54) is 12.8 Å². The van der Waals surface area contributed by atoms with Crippen LogP contribution in [0.25, 0.3) is 11.3 Å². The summed E-state index contributed by atoms with van der Waals surface area (Å²) in [7, 11) is 1.79. The molecule has 2 fully saturated rings. The highest BCUT2D eigenvalue weighted by Gasteiger charge is 2.29. The van der Waals surface area contributed by atoms with Crippen molar-refractivity contribution in [3.05, 3.63) is 59.2 Å². The highest BCUT2D eigenvalue weighted by atomic mass is 35.5. The second kappa shape index (κ2) is 10.2. The maximum Gasteiger partial charge on any atom is 0.228 e. The minimum atomic E-state index is 0.243. The predicted molar refractivity (Wildman–Crippen MR) is 145 cm³/mol. The van der Waals surface area contributed by atoms with E-state index in [4.69, 9.17) is 21.6 Å². The minimum Gasteiger partial charge on any atom is -0.352 e. The molecule has 8 heteroatoms. The van der Waals surface area contributed by atoms with E-state index in [9.17, 15) is 0 Å². The third-order valence-corrected chi connectivity index (χ3v) is 7.23. The second-order valence-electron chi connectivity index (χ2n) is 9.41. The fourth-order valence-electron chi connectivity index (χ4n) is 5.10. The van der Waals surface area contributed by atoms with Crippen LogP contribution in [0.3, 0.4) is 0 Å². The topological polar surface area (TPSA) is 60.8 Å². The molecule has 7 nitrogen and oxygen atoms in total. The average molecular weight is 490 g/mol. The van der Waals surface area contributed by atoms with Gasteiger partial charge < -0.3 is 14.7 Å². The lowest BCUT2D eigenvalue weighted by molar-refractivity contribution is 0.542. The number of rotatable bonds is 5. The van der Waals surface area contributed by atoms with Gasteiger partial charge in [0.05, 0.1) is 10.7 Å². The smallest absolute Gasteiger partial charge is 0.228 e. The molecule has 0 spiro atoms. The first-order chi connectivity index (χ1) is 17.0. The van der Waals surface area contributed by atoms with Gasteiger partial charge in [-0.3, -0.25) is 4.99 Å². The van der Waals surface area contributed by atoms with E-state index in [0.717, 1.165) is 60.6 Å². The molecule has 4 heterocycles. The third kappa shape index (κ3) is 4.96. The first kappa shape index (κ1) is 23.5. The quantitative estimate of drug-likeness (QED) is 0.473. The van der Waals surface area contributed by atoms with Gasteiger partial charge >= 0.3 is 0 Å². The van der Waals surface area contributed by atoms with Crippen molar-refractivity contribution < 1.29 is 0 Å². The number of hydrogen-bond acceptors (Lipinski definition) is 7. The van der Waals surface area contributed by atoms with E-state index in [1.54, 1.807) is 13.2 Å². The lowest BCUT2D eigenvalue weighted by Gasteiger charge is -2.41. The Balaban J connectivity index is 1.49. The minimum absolute atomic E-state index is 0.243. The number of halogens is 1. The Hall–Kier alpha value is -3.19. The normalized spacial score (nSPS) is 20.7. The SMILES string of the molecule is CN=Cc1cccc(-c2cc(N3CCN(c4ncccc4Cl)C[C@H]3C)nc(N3CCCC3C)n2)c1. The van der Waals surface area contributed by atoms with Crippen LogP contribution in [-0.2, 0) is 0 Å². The Kier molecular flexibility index (Phi) is 6.86. The van der Waals surface area contributed by atoms with Crippen molar-refractivity contribution in [2.45, 2.75) is 38.8 Å². The van der Waals surface area contributed by atoms with Crippen LogP contribution in [-0.4, -0.2) is 66.5 Å². The number of piperazine rings is 1. The summed E-state index contributed by atoms with van der Waals surface area (Å²) < 4.78 is 0. The molecule has 2 aromatic heterocycles. The molecule has 2 aliphatic rings. The number of aliphatic imine (C=N–C) groups is 1. The van der Waals surface area contributed by atoms with Crippen LogP contribution in [0.5, 0.6) is 0 Å². The molecule has 0 radical (unpaired) electrons. The van der Waals surface area contributed by atoms with Crippen LogP contribution < -0.4 is 14.7 Å². The average Bonchev–Trinajstić information content (AvgIpc) is 3.30. The molecule has 0 saturated carbocycles. The predicted octanol–water partition coefficient (Wildman–Crippen LogP) is 4.94. The first-order valence-corrected chi connectivity index (χ1v) is 12.7. The molecule has 35 heavy (non-hydrogen) atoms. The zero-order valence-electron chi connectivity index (χ0n) is 20.6. The van der Waals surface area contributed by atoms with Crippen LogP contribution in [0.15, 0.2) is 53.7 Å². The number of aromatic nitrogens is 3. The molecule has 2 aliphatic heterocycles. The van der Waals surface area contributed by atoms with Crippen LogP contribution >= 0.6 is 11.6 Å². The highest BCUT2D eigenvalue weighted by molar-refractivity contribution is 6.32. The summed E-state index contributed by atoms with van der Waals surface area (Å²) in [5.74, 6) is 2.64. The summed E-state index contributed by atoms with van der Waals surface area (Å²) in [6, 6.07) is 15.0. The van der Waals surface area contributed by atoms with E-state index in [2.05, 4.69) is 68.9 Å². The monoisotopic (exact) mass is 489 g/mol. The molecule has 1 unspecified atom stereocenters. The van der Waals surface area contributed by atoms with E-state index in [1.807, 2.05) is 18.3 Å². The number of benzene rings is 1. The Morgan fingerprint density at radius 2 is 1.89 bits per heavy atom. The van der Waals surface area contributed by atoms with Gasteiger partial charge in [-0.05, 0) is 50.5 Å². The van der Waals surface area contributed by atoms with E-state index < -0.39 is 0 Å². The molecule has 0 N–H and O–H groups in total. The molecule has 3 aromatic rings. The molecule has 0 bridgehead atoms. The van der Waals surface area contributed by atoms with Crippen molar-refractivity contribution in [2.24, 2.45) is 4.99 Å². The molecule has 1 aromatic carbocycles. The molecular formula is C27H32ClN7. The maximum absolute atomic E-state index is 6.44. The Morgan fingerprint density at radius 1 is 1.00 bits per heavy atom. The van der Waals surface area contributed by atoms with Crippen LogP contribution in [0.2, 0.25) is 5.02 Å². The second-order valence-corrected chi connectivity index (χ2v) is 9.81. The van der Waals surface area contributed by atoms with Crippen molar-refractivity contribution in [3.8, 4) is 11.3 Å². The molecule has 182 valence electrons. The Bertz CT molecular complexity index is 1210. The van der Waals surface area contributed by atoms with Gasteiger partial charge in [0.2, 0.25) is 5.95 Å². The van der Waals surface area contributed by atoms with Gasteiger partial charge in [0.15, 0.2) is 0 Å². The van der Waals surface area contributed by atoms with E-state index in [-0.39, 0.29) is 6.04 Å². The van der Waals surface area contributed by atoms with Gasteiger partial charge in [0.25, 0.3) is 0 Å². The summed E-state index contributed by atoms with van der Waals surface area (Å²) >= 11 is 6.44. The van der Waals surface area contributed by atoms with Crippen molar-refractivity contribution in [1.29, 1.82) is 0 Å². The lowest BCUT2D eigenvalue weighted by atomic mass is 10.1. The fourth-order valence-corrected chi connectivity index (χ4v) is 5.34. The first-order valence-electron chi connectivity index (χ1n) is 12.3. The highest BCUT2D eigenvalue weighted by Crippen LogP contribution is 2.32. The Morgan fingerprint density at radius 3 is 2.63 bits per heavy atom. The molecule has 0 aliphatic carbocycles. The zero-order valence-corrected chi connectivity index (χ0v) is 21.4. The summed E-state index contributed by atoms with van der Waals surface area (Å²) in [4.78, 5) is 25.8. The molecular weight excluding hydrogens is 458 g/mol. The number of hydrogen-bond donors (Lipinski definition) is 0. The van der Waals surface area contributed by atoms with Gasteiger partial charge in [0.1, 0.15) is 11.6 Å². The number of nitrogens with zero attached hydrogens (tertiary/aromatic N) is 7. The molecule has 2 saturated heterocycles. The summed E-state index contributed by atoms with van der Waals surface area (Å²) in [5, 5.41) is 0.693. The van der Waals surface area contributed by atoms with Crippen molar-refractivity contribution >= 4 is 35.4 Å².